The summed E-state index contributed by atoms with van der Waals surface area (Å²) >= 11 is 0. The first-order valence-electron chi connectivity index (χ1n) is 12.3. The second kappa shape index (κ2) is 8.59. The highest BCUT2D eigenvalue weighted by Crippen LogP contribution is 2.48. The molecule has 35 heavy (non-hydrogen) atoms. The molecule has 1 saturated heterocycles. The lowest BCUT2D eigenvalue weighted by molar-refractivity contribution is -0.144. The highest BCUT2D eigenvalue weighted by atomic mass is 19.1. The summed E-state index contributed by atoms with van der Waals surface area (Å²) in [6.45, 7) is 9.80. The van der Waals surface area contributed by atoms with E-state index in [4.69, 9.17) is 18.8 Å². The molecule has 186 valence electrons. The number of hydrogen-bond acceptors (Lipinski definition) is 5. The quantitative estimate of drug-likeness (QED) is 0.427. The molecule has 0 N–H and O–H groups in total. The molecular weight excluding hydrogens is 453 g/mol. The molecule has 5 rings (SSSR count). The highest BCUT2D eigenvalue weighted by Gasteiger charge is 2.54. The Balaban J connectivity index is 1.34. The molecule has 3 aliphatic rings. The Morgan fingerprint density at radius 3 is 2.37 bits per heavy atom. The predicted octanol–water partition coefficient (Wildman–Crippen LogP) is 5.00. The van der Waals surface area contributed by atoms with Gasteiger partial charge in [-0.25, -0.2) is 8.78 Å². The second-order valence-corrected chi connectivity index (χ2v) is 10.6. The Bertz CT molecular complexity index is 1130. The molecule has 1 aliphatic heterocycles. The van der Waals surface area contributed by atoms with Crippen LogP contribution in [-0.2, 0) is 25.3 Å². The van der Waals surface area contributed by atoms with Crippen molar-refractivity contribution in [3.63, 3.8) is 0 Å². The molecule has 0 bridgehead atoms. The van der Waals surface area contributed by atoms with Gasteiger partial charge in [-0.3, -0.25) is 4.79 Å². The summed E-state index contributed by atoms with van der Waals surface area (Å²) in [5.41, 5.74) is 0.992. The Hall–Kier alpha value is -2.45. The molecule has 2 aromatic rings. The fourth-order valence-corrected chi connectivity index (χ4v) is 5.10. The van der Waals surface area contributed by atoms with Crippen molar-refractivity contribution in [2.24, 2.45) is 5.92 Å². The Morgan fingerprint density at radius 1 is 1.09 bits per heavy atom. The first-order valence-corrected chi connectivity index (χ1v) is 12.3. The Labute approximate surface area is 205 Å². The number of fused-ring (bicyclic) bond motifs is 1. The van der Waals surface area contributed by atoms with E-state index in [0.717, 1.165) is 18.1 Å². The van der Waals surface area contributed by atoms with Crippen LogP contribution in [0.25, 0.3) is 0 Å². The summed E-state index contributed by atoms with van der Waals surface area (Å²) in [5.74, 6) is -0.752. The van der Waals surface area contributed by atoms with Gasteiger partial charge < -0.3 is 18.8 Å². The molecule has 1 heterocycles. The topological polar surface area (TPSA) is 54.0 Å². The van der Waals surface area contributed by atoms with Crippen molar-refractivity contribution >= 4 is 18.6 Å². The van der Waals surface area contributed by atoms with E-state index >= 15 is 4.39 Å². The SMILES string of the molecule is CCOC(=O)[C@H]1C[C@@H]1c1ccc(O[C@@H]2CCc3c(B4OC(C)(C)C(C)(C)O4)c(F)cc(F)c32)cc1. The third-order valence-electron chi connectivity index (χ3n) is 7.85. The Morgan fingerprint density at radius 2 is 1.74 bits per heavy atom. The van der Waals surface area contributed by atoms with Crippen LogP contribution in [0.4, 0.5) is 8.78 Å². The van der Waals surface area contributed by atoms with Crippen molar-refractivity contribution in [2.45, 2.75) is 77.1 Å². The largest absolute Gasteiger partial charge is 0.498 e. The standard InChI is InChI=1S/C27H31BF2O5/c1-6-32-25(31)19-13-18(19)15-7-9-16(10-8-15)33-22-12-11-17-23(22)20(29)14-21(30)24(17)28-34-26(2,3)27(4,5)35-28/h7-10,14,18-19,22H,6,11-13H2,1-5H3/t18-,19+,22-/m1/s1. The normalized spacial score (nSPS) is 25.9. The summed E-state index contributed by atoms with van der Waals surface area (Å²) in [6.07, 6.45) is 1.24. The average Bonchev–Trinajstić information content (AvgIpc) is 3.42. The first-order chi connectivity index (χ1) is 16.5. The lowest BCUT2D eigenvalue weighted by Gasteiger charge is -2.32. The molecule has 2 fully saturated rings. The highest BCUT2D eigenvalue weighted by molar-refractivity contribution is 6.62. The van der Waals surface area contributed by atoms with Gasteiger partial charge in [0.05, 0.1) is 23.7 Å². The van der Waals surface area contributed by atoms with Crippen molar-refractivity contribution in [2.75, 3.05) is 6.61 Å². The molecule has 5 nitrogen and oxygen atoms in total. The van der Waals surface area contributed by atoms with E-state index < -0.39 is 36.1 Å². The molecule has 2 aromatic carbocycles. The molecule has 1 saturated carbocycles. The number of carbonyl (C=O) groups is 1. The molecule has 0 unspecified atom stereocenters. The number of rotatable bonds is 6. The van der Waals surface area contributed by atoms with Gasteiger partial charge in [0.2, 0.25) is 0 Å². The van der Waals surface area contributed by atoms with Crippen LogP contribution in [0.5, 0.6) is 5.75 Å². The van der Waals surface area contributed by atoms with Crippen molar-refractivity contribution in [1.29, 1.82) is 0 Å². The minimum Gasteiger partial charge on any atom is -0.486 e. The van der Waals surface area contributed by atoms with Gasteiger partial charge in [0.1, 0.15) is 23.5 Å². The minimum absolute atomic E-state index is 0.0826. The monoisotopic (exact) mass is 484 g/mol. The van der Waals surface area contributed by atoms with Gasteiger partial charge in [-0.2, -0.15) is 0 Å². The predicted molar refractivity (Wildman–Crippen MR) is 128 cm³/mol. The molecule has 8 heteroatoms. The summed E-state index contributed by atoms with van der Waals surface area (Å²) in [5, 5.41) is 0. The maximum atomic E-state index is 15.0. The summed E-state index contributed by atoms with van der Waals surface area (Å²) in [4.78, 5) is 11.9. The van der Waals surface area contributed by atoms with E-state index in [0.29, 0.717) is 36.3 Å². The van der Waals surface area contributed by atoms with Gasteiger partial charge in [-0.15, -0.1) is 0 Å². The number of hydrogen-bond donors (Lipinski definition) is 0. The smallest absolute Gasteiger partial charge is 0.486 e. The van der Waals surface area contributed by atoms with Crippen LogP contribution in [0.1, 0.15) is 76.2 Å². The molecule has 0 radical (unpaired) electrons. The molecular formula is C27H31BF2O5. The molecule has 0 amide bonds. The number of halogens is 2. The van der Waals surface area contributed by atoms with Crippen LogP contribution in [0.2, 0.25) is 0 Å². The van der Waals surface area contributed by atoms with E-state index in [1.807, 2.05) is 52.0 Å². The molecule has 3 atom stereocenters. The molecule has 2 aliphatic carbocycles. The zero-order valence-electron chi connectivity index (χ0n) is 20.8. The number of benzene rings is 2. The van der Waals surface area contributed by atoms with Gasteiger partial charge >= 0.3 is 13.1 Å². The van der Waals surface area contributed by atoms with Crippen molar-refractivity contribution in [1.82, 2.24) is 0 Å². The molecule has 0 spiro atoms. The summed E-state index contributed by atoms with van der Waals surface area (Å²) < 4.78 is 53.4. The lowest BCUT2D eigenvalue weighted by atomic mass is 9.74. The maximum Gasteiger partial charge on any atom is 0.498 e. The van der Waals surface area contributed by atoms with E-state index in [-0.39, 0.29) is 23.3 Å². The van der Waals surface area contributed by atoms with Gasteiger partial charge in [0.15, 0.2) is 0 Å². The lowest BCUT2D eigenvalue weighted by Crippen LogP contribution is -2.41. The van der Waals surface area contributed by atoms with Crippen LogP contribution in [0, 0.1) is 17.6 Å². The zero-order chi connectivity index (χ0) is 25.1. The average molecular weight is 484 g/mol. The van der Waals surface area contributed by atoms with E-state index in [2.05, 4.69) is 0 Å². The van der Waals surface area contributed by atoms with E-state index in [1.54, 1.807) is 6.92 Å². The fraction of sp³-hybridized carbons (Fsp3) is 0.519. The molecule has 0 aromatic heterocycles. The number of esters is 1. The van der Waals surface area contributed by atoms with Crippen LogP contribution >= 0.6 is 0 Å². The van der Waals surface area contributed by atoms with Crippen LogP contribution in [-0.4, -0.2) is 30.9 Å². The van der Waals surface area contributed by atoms with Gasteiger partial charge in [-0.1, -0.05) is 12.1 Å². The summed E-state index contributed by atoms with van der Waals surface area (Å²) in [6, 6.07) is 8.46. The minimum atomic E-state index is -0.904. The fourth-order valence-electron chi connectivity index (χ4n) is 5.10. The van der Waals surface area contributed by atoms with Crippen LogP contribution in [0.15, 0.2) is 30.3 Å². The van der Waals surface area contributed by atoms with Crippen molar-refractivity contribution in [3.8, 4) is 5.75 Å². The third kappa shape index (κ3) is 4.25. The first kappa shape index (κ1) is 24.3. The van der Waals surface area contributed by atoms with Crippen molar-refractivity contribution < 1.29 is 32.4 Å². The maximum absolute atomic E-state index is 15.0. The van der Waals surface area contributed by atoms with Crippen LogP contribution in [0.3, 0.4) is 0 Å². The summed E-state index contributed by atoms with van der Waals surface area (Å²) in [7, 11) is -0.904. The number of carbonyl (C=O) groups excluding carboxylic acids is 1. The van der Waals surface area contributed by atoms with Crippen molar-refractivity contribution in [3.05, 3.63) is 58.7 Å². The Kier molecular flexibility index (Phi) is 5.96. The van der Waals surface area contributed by atoms with Gasteiger partial charge in [0.25, 0.3) is 0 Å². The van der Waals surface area contributed by atoms with Crippen LogP contribution < -0.4 is 10.2 Å². The van der Waals surface area contributed by atoms with E-state index in [1.165, 1.54) is 0 Å². The van der Waals surface area contributed by atoms with E-state index in [9.17, 15) is 9.18 Å². The third-order valence-corrected chi connectivity index (χ3v) is 7.85. The zero-order valence-corrected chi connectivity index (χ0v) is 20.8. The second-order valence-electron chi connectivity index (χ2n) is 10.6. The van der Waals surface area contributed by atoms with Gasteiger partial charge in [0, 0.05) is 17.1 Å². The van der Waals surface area contributed by atoms with Gasteiger partial charge in [-0.05, 0) is 83.1 Å². The number of ether oxygens (including phenoxy) is 2.